The summed E-state index contributed by atoms with van der Waals surface area (Å²) in [6, 6.07) is 0. The van der Waals surface area contributed by atoms with Crippen LogP contribution in [0.1, 0.15) is 46.5 Å². The first kappa shape index (κ1) is 11.9. The maximum absolute atomic E-state index is 6.69. The van der Waals surface area contributed by atoms with Crippen LogP contribution < -0.4 is 5.73 Å². The lowest BCUT2D eigenvalue weighted by atomic mass is 9.59. The van der Waals surface area contributed by atoms with E-state index in [-0.39, 0.29) is 5.54 Å². The lowest BCUT2D eigenvalue weighted by Crippen LogP contribution is -2.54. The molecular formula is C15H25N. The summed E-state index contributed by atoms with van der Waals surface area (Å²) in [5.41, 5.74) is 9.43. The van der Waals surface area contributed by atoms with Gasteiger partial charge in [0.1, 0.15) is 0 Å². The molecule has 0 saturated heterocycles. The summed E-state index contributed by atoms with van der Waals surface area (Å²) in [7, 11) is 0. The van der Waals surface area contributed by atoms with E-state index in [1.807, 2.05) is 0 Å². The zero-order chi connectivity index (χ0) is 11.9. The topological polar surface area (TPSA) is 26.0 Å². The Balaban J connectivity index is 2.40. The van der Waals surface area contributed by atoms with E-state index in [0.717, 1.165) is 12.8 Å². The van der Waals surface area contributed by atoms with Crippen LogP contribution in [0.5, 0.6) is 0 Å². The van der Waals surface area contributed by atoms with Crippen LogP contribution in [-0.4, -0.2) is 5.54 Å². The van der Waals surface area contributed by atoms with Gasteiger partial charge in [-0.05, 0) is 49.0 Å². The quantitative estimate of drug-likeness (QED) is 0.715. The molecule has 2 N–H and O–H groups in total. The van der Waals surface area contributed by atoms with E-state index < -0.39 is 0 Å². The summed E-state index contributed by atoms with van der Waals surface area (Å²) in [5.74, 6) is 2.01. The third-order valence-corrected chi connectivity index (χ3v) is 4.75. The minimum absolute atomic E-state index is 0.0334. The number of fused-ring (bicyclic) bond motifs is 1. The maximum Gasteiger partial charge on any atom is 0.0403 e. The Bertz CT molecular complexity index is 326. The molecular weight excluding hydrogens is 194 g/mol. The molecule has 0 bridgehead atoms. The molecule has 0 aromatic carbocycles. The molecule has 3 atom stereocenters. The molecule has 0 amide bonds. The van der Waals surface area contributed by atoms with Gasteiger partial charge in [-0.1, -0.05) is 39.0 Å². The molecule has 0 spiro atoms. The molecule has 0 aromatic heterocycles. The van der Waals surface area contributed by atoms with Gasteiger partial charge in [0.25, 0.3) is 0 Å². The Morgan fingerprint density at radius 1 is 1.44 bits per heavy atom. The third kappa shape index (κ3) is 1.75. The largest absolute Gasteiger partial charge is 0.321 e. The molecule has 0 heterocycles. The van der Waals surface area contributed by atoms with Crippen molar-refractivity contribution in [2.24, 2.45) is 23.5 Å². The Hall–Kier alpha value is -0.560. The molecule has 1 nitrogen and oxygen atoms in total. The average Bonchev–Trinajstić information content (AvgIpc) is 2.21. The van der Waals surface area contributed by atoms with Crippen LogP contribution in [0.3, 0.4) is 0 Å². The summed E-state index contributed by atoms with van der Waals surface area (Å²) in [6.07, 6.45) is 7.07. The van der Waals surface area contributed by atoms with Crippen molar-refractivity contribution in [3.8, 4) is 0 Å². The Morgan fingerprint density at radius 2 is 2.12 bits per heavy atom. The predicted octanol–water partition coefficient (Wildman–Crippen LogP) is 3.66. The van der Waals surface area contributed by atoms with Gasteiger partial charge in [0.2, 0.25) is 0 Å². The summed E-state index contributed by atoms with van der Waals surface area (Å²) in [6.45, 7) is 11.1. The molecule has 0 aliphatic heterocycles. The standard InChI is InChI=1S/C15H25N/c1-10(2)13-6-5-12(4)15(16)8-7-11(3)9-14(13)15/h9-10,12-13H,3,5-8,16H2,1-2,4H3/t12-,13+,15+/m0/s1. The molecule has 0 unspecified atom stereocenters. The Morgan fingerprint density at radius 3 is 2.75 bits per heavy atom. The van der Waals surface area contributed by atoms with Gasteiger partial charge in [-0.2, -0.15) is 0 Å². The molecule has 90 valence electrons. The first-order valence-corrected chi connectivity index (χ1v) is 6.64. The van der Waals surface area contributed by atoms with Crippen molar-refractivity contribution < 1.29 is 0 Å². The fraction of sp³-hybridized carbons (Fsp3) is 0.733. The molecule has 2 aliphatic carbocycles. The van der Waals surface area contributed by atoms with Crippen LogP contribution in [0.25, 0.3) is 0 Å². The van der Waals surface area contributed by atoms with Gasteiger partial charge >= 0.3 is 0 Å². The maximum atomic E-state index is 6.69. The summed E-state index contributed by atoms with van der Waals surface area (Å²) in [4.78, 5) is 0. The molecule has 1 saturated carbocycles. The molecule has 1 heteroatoms. The molecule has 0 radical (unpaired) electrons. The normalized spacial score (nSPS) is 39.6. The van der Waals surface area contributed by atoms with E-state index in [9.17, 15) is 0 Å². The average molecular weight is 219 g/mol. The van der Waals surface area contributed by atoms with Crippen LogP contribution in [0, 0.1) is 17.8 Å². The van der Waals surface area contributed by atoms with E-state index in [4.69, 9.17) is 5.73 Å². The zero-order valence-electron chi connectivity index (χ0n) is 10.9. The lowest BCUT2D eigenvalue weighted by molar-refractivity contribution is 0.189. The fourth-order valence-electron chi connectivity index (χ4n) is 3.46. The summed E-state index contributed by atoms with van der Waals surface area (Å²) >= 11 is 0. The van der Waals surface area contributed by atoms with Gasteiger partial charge in [-0.15, -0.1) is 0 Å². The minimum atomic E-state index is -0.0334. The molecule has 1 fully saturated rings. The van der Waals surface area contributed by atoms with E-state index >= 15 is 0 Å². The van der Waals surface area contributed by atoms with Crippen molar-refractivity contribution in [3.05, 3.63) is 23.8 Å². The molecule has 0 aromatic rings. The van der Waals surface area contributed by atoms with Gasteiger partial charge in [0, 0.05) is 5.54 Å². The smallest absolute Gasteiger partial charge is 0.0403 e. The van der Waals surface area contributed by atoms with E-state index in [2.05, 4.69) is 33.4 Å². The highest BCUT2D eigenvalue weighted by Crippen LogP contribution is 2.48. The molecule has 2 rings (SSSR count). The first-order valence-electron chi connectivity index (χ1n) is 6.64. The monoisotopic (exact) mass is 219 g/mol. The second-order valence-corrected chi connectivity index (χ2v) is 6.13. The number of allylic oxidation sites excluding steroid dienone is 2. The SMILES string of the molecule is C=C1C=C2[C@@H](C(C)C)CC[C@H](C)[C@]2(N)CC1. The highest BCUT2D eigenvalue weighted by Gasteiger charge is 2.44. The van der Waals surface area contributed by atoms with Gasteiger partial charge in [-0.3, -0.25) is 0 Å². The summed E-state index contributed by atoms with van der Waals surface area (Å²) in [5, 5.41) is 0. The minimum Gasteiger partial charge on any atom is -0.321 e. The molecule has 16 heavy (non-hydrogen) atoms. The number of hydrogen-bond donors (Lipinski definition) is 1. The number of hydrogen-bond acceptors (Lipinski definition) is 1. The number of rotatable bonds is 1. The molecule has 2 aliphatic rings. The van der Waals surface area contributed by atoms with Crippen molar-refractivity contribution in [3.63, 3.8) is 0 Å². The van der Waals surface area contributed by atoms with Crippen molar-refractivity contribution >= 4 is 0 Å². The second kappa shape index (κ2) is 4.03. The number of nitrogens with two attached hydrogens (primary N) is 1. The fourth-order valence-corrected chi connectivity index (χ4v) is 3.46. The summed E-state index contributed by atoms with van der Waals surface area (Å²) < 4.78 is 0. The zero-order valence-corrected chi connectivity index (χ0v) is 10.9. The van der Waals surface area contributed by atoms with Crippen molar-refractivity contribution in [2.45, 2.75) is 52.0 Å². The van der Waals surface area contributed by atoms with Crippen LogP contribution in [0.2, 0.25) is 0 Å². The van der Waals surface area contributed by atoms with Gasteiger partial charge < -0.3 is 5.73 Å². The highest BCUT2D eigenvalue weighted by molar-refractivity contribution is 5.37. The lowest BCUT2D eigenvalue weighted by Gasteiger charge is -2.49. The van der Waals surface area contributed by atoms with E-state index in [1.165, 1.54) is 24.0 Å². The van der Waals surface area contributed by atoms with Crippen molar-refractivity contribution in [2.75, 3.05) is 0 Å². The van der Waals surface area contributed by atoms with Gasteiger partial charge in [0.05, 0.1) is 0 Å². The van der Waals surface area contributed by atoms with E-state index in [1.54, 1.807) is 0 Å². The van der Waals surface area contributed by atoms with Crippen LogP contribution in [0.15, 0.2) is 23.8 Å². The second-order valence-electron chi connectivity index (χ2n) is 6.13. The Labute approximate surface area is 99.8 Å². The van der Waals surface area contributed by atoms with Crippen LogP contribution in [-0.2, 0) is 0 Å². The van der Waals surface area contributed by atoms with Crippen LogP contribution >= 0.6 is 0 Å². The highest BCUT2D eigenvalue weighted by atomic mass is 14.8. The Kier molecular flexibility index (Phi) is 3.00. The van der Waals surface area contributed by atoms with Crippen LogP contribution in [0.4, 0.5) is 0 Å². The van der Waals surface area contributed by atoms with Crippen molar-refractivity contribution in [1.82, 2.24) is 0 Å². The van der Waals surface area contributed by atoms with E-state index in [0.29, 0.717) is 17.8 Å². The first-order chi connectivity index (χ1) is 7.45. The predicted molar refractivity (Wildman–Crippen MR) is 70.1 cm³/mol. The van der Waals surface area contributed by atoms with Crippen molar-refractivity contribution in [1.29, 1.82) is 0 Å². The third-order valence-electron chi connectivity index (χ3n) is 4.75. The van der Waals surface area contributed by atoms with Gasteiger partial charge in [-0.25, -0.2) is 0 Å². The van der Waals surface area contributed by atoms with Gasteiger partial charge in [0.15, 0.2) is 0 Å².